The molecule has 0 heterocycles. The largest absolute Gasteiger partial charge is 0.292 e. The Morgan fingerprint density at radius 2 is 1.95 bits per heavy atom. The lowest BCUT2D eigenvalue weighted by Crippen LogP contribution is -2.12. The fourth-order valence-electron chi connectivity index (χ4n) is 1.95. The Hall–Kier alpha value is -1.67. The number of carbonyl (C=O) groups is 1. The molecule has 2 rings (SSSR count). The minimum Gasteiger partial charge on any atom is -0.292 e. The van der Waals surface area contributed by atoms with Gasteiger partial charge < -0.3 is 0 Å². The first-order chi connectivity index (χ1) is 9.13. The van der Waals surface area contributed by atoms with E-state index in [1.165, 1.54) is 0 Å². The molecule has 0 saturated carbocycles. The van der Waals surface area contributed by atoms with Crippen LogP contribution in [-0.4, -0.2) is 5.78 Å². The molecule has 0 radical (unpaired) electrons. The van der Waals surface area contributed by atoms with Crippen LogP contribution < -0.4 is 0 Å². The van der Waals surface area contributed by atoms with Crippen LogP contribution in [-0.2, 0) is 0 Å². The number of Topliss-reactive ketones (excluding diaryl/α,β-unsaturated/α-hetero) is 1. The zero-order chi connectivity index (χ0) is 13.8. The van der Waals surface area contributed by atoms with Gasteiger partial charge >= 0.3 is 0 Å². The Bertz CT molecular complexity index is 658. The van der Waals surface area contributed by atoms with Gasteiger partial charge in [-0.3, -0.25) is 4.79 Å². The molecule has 3 heteroatoms. The van der Waals surface area contributed by atoms with Crippen LogP contribution in [0.3, 0.4) is 0 Å². The Morgan fingerprint density at radius 3 is 2.58 bits per heavy atom. The molecule has 0 bridgehead atoms. The molecule has 0 aliphatic heterocycles. The van der Waals surface area contributed by atoms with Crippen molar-refractivity contribution in [3.8, 4) is 6.07 Å². The summed E-state index contributed by atoms with van der Waals surface area (Å²) in [5.74, 6) is -0.881. The molecule has 0 N–H and O–H groups in total. The highest BCUT2D eigenvalue weighted by Crippen LogP contribution is 2.23. The van der Waals surface area contributed by atoms with Crippen molar-refractivity contribution < 1.29 is 4.79 Å². The number of halogens is 1. The van der Waals surface area contributed by atoms with Crippen LogP contribution >= 0.6 is 22.6 Å². The summed E-state index contributed by atoms with van der Waals surface area (Å²) < 4.78 is 0.873. The molecule has 0 saturated heterocycles. The molecular formula is C16H12INO. The van der Waals surface area contributed by atoms with E-state index in [0.29, 0.717) is 5.56 Å². The predicted molar refractivity (Wildman–Crippen MR) is 83.0 cm³/mol. The minimum atomic E-state index is -0.740. The molecular weight excluding hydrogens is 349 g/mol. The number of benzene rings is 2. The molecule has 0 aromatic heterocycles. The van der Waals surface area contributed by atoms with E-state index in [1.807, 2.05) is 49.4 Å². The van der Waals surface area contributed by atoms with Gasteiger partial charge in [0.05, 0.1) is 6.07 Å². The van der Waals surface area contributed by atoms with Gasteiger partial charge in [0.1, 0.15) is 5.92 Å². The summed E-state index contributed by atoms with van der Waals surface area (Å²) in [6.07, 6.45) is 0. The maximum atomic E-state index is 12.5. The summed E-state index contributed by atoms with van der Waals surface area (Å²) in [4.78, 5) is 12.5. The van der Waals surface area contributed by atoms with Crippen LogP contribution in [0.2, 0.25) is 0 Å². The van der Waals surface area contributed by atoms with Crippen LogP contribution in [0.25, 0.3) is 0 Å². The first-order valence-corrected chi connectivity index (χ1v) is 6.96. The van der Waals surface area contributed by atoms with Gasteiger partial charge in [0.15, 0.2) is 5.78 Å². The number of hydrogen-bond acceptors (Lipinski definition) is 2. The number of carbonyl (C=O) groups excluding carboxylic acids is 1. The van der Waals surface area contributed by atoms with E-state index in [4.69, 9.17) is 0 Å². The highest BCUT2D eigenvalue weighted by Gasteiger charge is 2.23. The number of hydrogen-bond donors (Lipinski definition) is 0. The van der Waals surface area contributed by atoms with E-state index in [-0.39, 0.29) is 5.78 Å². The van der Waals surface area contributed by atoms with Crippen LogP contribution in [0.1, 0.15) is 27.4 Å². The maximum absolute atomic E-state index is 12.5. The second-order valence-electron chi connectivity index (χ2n) is 4.32. The lowest BCUT2D eigenvalue weighted by atomic mass is 9.91. The third-order valence-corrected chi connectivity index (χ3v) is 3.85. The normalized spacial score (nSPS) is 11.6. The van der Waals surface area contributed by atoms with Crippen molar-refractivity contribution in [1.82, 2.24) is 0 Å². The quantitative estimate of drug-likeness (QED) is 0.610. The summed E-state index contributed by atoms with van der Waals surface area (Å²) in [5, 5.41) is 9.32. The van der Waals surface area contributed by atoms with E-state index in [1.54, 1.807) is 6.07 Å². The van der Waals surface area contributed by atoms with E-state index in [9.17, 15) is 10.1 Å². The Kier molecular flexibility index (Phi) is 4.33. The smallest absolute Gasteiger partial charge is 0.185 e. The fourth-order valence-corrected chi connectivity index (χ4v) is 2.60. The zero-order valence-electron chi connectivity index (χ0n) is 10.4. The molecule has 1 atom stereocenters. The van der Waals surface area contributed by atoms with Crippen LogP contribution in [0, 0.1) is 21.8 Å². The first kappa shape index (κ1) is 13.8. The van der Waals surface area contributed by atoms with E-state index < -0.39 is 5.92 Å². The monoisotopic (exact) mass is 361 g/mol. The second-order valence-corrected chi connectivity index (χ2v) is 5.48. The van der Waals surface area contributed by atoms with E-state index in [0.717, 1.165) is 14.7 Å². The summed E-state index contributed by atoms with van der Waals surface area (Å²) >= 11 is 2.12. The summed E-state index contributed by atoms with van der Waals surface area (Å²) in [6, 6.07) is 17.0. The topological polar surface area (TPSA) is 40.9 Å². The van der Waals surface area contributed by atoms with Gasteiger partial charge in [-0.2, -0.15) is 5.26 Å². The Labute approximate surface area is 126 Å². The summed E-state index contributed by atoms with van der Waals surface area (Å²) in [5.41, 5.74) is 2.41. The molecule has 1 unspecified atom stereocenters. The molecule has 0 aliphatic carbocycles. The number of nitrogens with zero attached hydrogens (tertiary/aromatic N) is 1. The molecule has 19 heavy (non-hydrogen) atoms. The van der Waals surface area contributed by atoms with Crippen molar-refractivity contribution >= 4 is 28.4 Å². The Morgan fingerprint density at radius 1 is 1.21 bits per heavy atom. The number of ketones is 1. The van der Waals surface area contributed by atoms with Crippen LogP contribution in [0.4, 0.5) is 0 Å². The minimum absolute atomic E-state index is 0.141. The molecule has 2 aromatic carbocycles. The standard InChI is InChI=1S/C16H12INO/c1-11-5-4-6-12(9-11)14(10-18)16(19)13-7-2-3-8-15(13)17/h2-9,14H,1H3. The predicted octanol–water partition coefficient (Wildman–Crippen LogP) is 4.09. The lowest BCUT2D eigenvalue weighted by Gasteiger charge is -2.10. The Balaban J connectivity index is 2.42. The van der Waals surface area contributed by atoms with Crippen molar-refractivity contribution in [2.45, 2.75) is 12.8 Å². The molecule has 0 aliphatic rings. The molecule has 94 valence electrons. The maximum Gasteiger partial charge on any atom is 0.185 e. The fraction of sp³-hybridized carbons (Fsp3) is 0.125. The first-order valence-electron chi connectivity index (χ1n) is 5.88. The van der Waals surface area contributed by atoms with E-state index >= 15 is 0 Å². The average Bonchev–Trinajstić information content (AvgIpc) is 2.40. The summed E-state index contributed by atoms with van der Waals surface area (Å²) in [7, 11) is 0. The highest BCUT2D eigenvalue weighted by atomic mass is 127. The van der Waals surface area contributed by atoms with Gasteiger partial charge in [-0.25, -0.2) is 0 Å². The van der Waals surface area contributed by atoms with Gasteiger partial charge in [0, 0.05) is 9.13 Å². The van der Waals surface area contributed by atoms with Crippen LogP contribution in [0.5, 0.6) is 0 Å². The highest BCUT2D eigenvalue weighted by molar-refractivity contribution is 14.1. The average molecular weight is 361 g/mol. The van der Waals surface area contributed by atoms with E-state index in [2.05, 4.69) is 28.7 Å². The van der Waals surface area contributed by atoms with Gasteiger partial charge in [-0.15, -0.1) is 0 Å². The molecule has 0 amide bonds. The van der Waals surface area contributed by atoms with Gasteiger partial charge in [-0.1, -0.05) is 48.0 Å². The third kappa shape index (κ3) is 3.02. The third-order valence-electron chi connectivity index (χ3n) is 2.91. The number of aryl methyl sites for hydroxylation is 1. The van der Waals surface area contributed by atoms with Gasteiger partial charge in [-0.05, 0) is 41.1 Å². The summed E-state index contributed by atoms with van der Waals surface area (Å²) in [6.45, 7) is 1.95. The number of rotatable bonds is 3. The van der Waals surface area contributed by atoms with Crippen molar-refractivity contribution in [2.24, 2.45) is 0 Å². The van der Waals surface area contributed by atoms with Gasteiger partial charge in [0.25, 0.3) is 0 Å². The van der Waals surface area contributed by atoms with Crippen molar-refractivity contribution in [2.75, 3.05) is 0 Å². The van der Waals surface area contributed by atoms with Gasteiger partial charge in [0.2, 0.25) is 0 Å². The molecule has 0 fully saturated rings. The van der Waals surface area contributed by atoms with Crippen molar-refractivity contribution in [1.29, 1.82) is 5.26 Å². The lowest BCUT2D eigenvalue weighted by molar-refractivity contribution is 0.0978. The SMILES string of the molecule is Cc1cccc(C(C#N)C(=O)c2ccccc2I)c1. The zero-order valence-corrected chi connectivity index (χ0v) is 12.6. The second kappa shape index (κ2) is 5.98. The van der Waals surface area contributed by atoms with Crippen molar-refractivity contribution in [3.05, 3.63) is 68.8 Å². The molecule has 2 aromatic rings. The number of nitriles is 1. The molecule has 0 spiro atoms. The molecule has 2 nitrogen and oxygen atoms in total. The van der Waals surface area contributed by atoms with Crippen LogP contribution in [0.15, 0.2) is 48.5 Å². The van der Waals surface area contributed by atoms with Crippen molar-refractivity contribution in [3.63, 3.8) is 0 Å².